The summed E-state index contributed by atoms with van der Waals surface area (Å²) in [6.07, 6.45) is 7.53. The van der Waals surface area contributed by atoms with Gasteiger partial charge in [0.05, 0.1) is 20.1 Å². The van der Waals surface area contributed by atoms with Crippen LogP contribution >= 0.6 is 0 Å². The van der Waals surface area contributed by atoms with Crippen LogP contribution in [0.1, 0.15) is 66.7 Å². The first-order chi connectivity index (χ1) is 15.6. The zero-order valence-electron chi connectivity index (χ0n) is 20.9. The van der Waals surface area contributed by atoms with Crippen LogP contribution in [0.25, 0.3) is 0 Å². The van der Waals surface area contributed by atoms with Crippen LogP contribution in [-0.4, -0.2) is 44.1 Å². The lowest BCUT2D eigenvalue weighted by Gasteiger charge is -2.35. The maximum absolute atomic E-state index is 12.8. The molecule has 1 saturated heterocycles. The Kier molecular flexibility index (Phi) is 9.74. The number of hydrogen-bond donors (Lipinski definition) is 0. The molecule has 1 heterocycles. The third-order valence-corrected chi connectivity index (χ3v) is 6.49. The van der Waals surface area contributed by atoms with Crippen molar-refractivity contribution in [1.82, 2.24) is 0 Å². The molecule has 2 rings (SSSR count). The van der Waals surface area contributed by atoms with Crippen molar-refractivity contribution in [3.05, 3.63) is 34.8 Å². The van der Waals surface area contributed by atoms with Crippen LogP contribution in [0.2, 0.25) is 0 Å². The first kappa shape index (κ1) is 26.7. The molecule has 0 amide bonds. The predicted octanol–water partition coefficient (Wildman–Crippen LogP) is 4.66. The SMILES string of the molecule is COC1=C(OC)[C@H](OC(C)=O)[C@H](C/C=C(\C)CC/C=C(\C)C[C@H]2C[C@H](C)C(=O)O2)[C@@H](C)C1=O. The molecule has 1 aliphatic carbocycles. The number of cyclic esters (lactones) is 1. The van der Waals surface area contributed by atoms with Gasteiger partial charge in [0, 0.05) is 25.2 Å². The van der Waals surface area contributed by atoms with E-state index < -0.39 is 12.1 Å². The van der Waals surface area contributed by atoms with Gasteiger partial charge in [-0.15, -0.1) is 0 Å². The lowest BCUT2D eigenvalue weighted by molar-refractivity contribution is -0.153. The highest BCUT2D eigenvalue weighted by atomic mass is 16.6. The Balaban J connectivity index is 2.00. The minimum atomic E-state index is -0.669. The number of methoxy groups -OCH3 is 2. The minimum Gasteiger partial charge on any atom is -0.493 e. The Hall–Kier alpha value is -2.57. The van der Waals surface area contributed by atoms with Crippen molar-refractivity contribution in [3.8, 4) is 0 Å². The van der Waals surface area contributed by atoms with Crippen LogP contribution in [0.5, 0.6) is 0 Å². The first-order valence-corrected chi connectivity index (χ1v) is 11.6. The maximum atomic E-state index is 12.8. The van der Waals surface area contributed by atoms with Gasteiger partial charge in [-0.3, -0.25) is 14.4 Å². The molecular formula is C26H38O7. The number of Topliss-reactive ketones (excluding diaryl/α,β-unsaturated/α-hetero) is 1. The van der Waals surface area contributed by atoms with Crippen LogP contribution < -0.4 is 0 Å². The molecule has 0 saturated carbocycles. The van der Waals surface area contributed by atoms with Gasteiger partial charge in [0.15, 0.2) is 11.9 Å². The molecule has 0 bridgehead atoms. The van der Waals surface area contributed by atoms with Crippen molar-refractivity contribution in [1.29, 1.82) is 0 Å². The summed E-state index contributed by atoms with van der Waals surface area (Å²) in [5.41, 5.74) is 2.42. The van der Waals surface area contributed by atoms with Crippen LogP contribution in [0.3, 0.4) is 0 Å². The van der Waals surface area contributed by atoms with Crippen LogP contribution in [0.15, 0.2) is 34.8 Å². The second kappa shape index (κ2) is 12.1. The third-order valence-electron chi connectivity index (χ3n) is 6.49. The second-order valence-electron chi connectivity index (χ2n) is 9.22. The average molecular weight is 463 g/mol. The molecule has 5 atom stereocenters. The maximum Gasteiger partial charge on any atom is 0.309 e. The number of hydrogen-bond acceptors (Lipinski definition) is 7. The third kappa shape index (κ3) is 6.95. The fourth-order valence-corrected chi connectivity index (χ4v) is 4.54. The van der Waals surface area contributed by atoms with Gasteiger partial charge in [-0.2, -0.15) is 0 Å². The highest BCUT2D eigenvalue weighted by Gasteiger charge is 2.45. The smallest absolute Gasteiger partial charge is 0.309 e. The summed E-state index contributed by atoms with van der Waals surface area (Å²) in [4.78, 5) is 36.1. The monoisotopic (exact) mass is 462 g/mol. The molecule has 0 aromatic carbocycles. The zero-order valence-corrected chi connectivity index (χ0v) is 20.9. The molecule has 7 heteroatoms. The zero-order chi connectivity index (χ0) is 24.7. The molecule has 0 N–H and O–H groups in total. The number of ether oxygens (including phenoxy) is 4. The number of ketones is 1. The van der Waals surface area contributed by atoms with E-state index in [1.165, 1.54) is 32.3 Å². The fourth-order valence-electron chi connectivity index (χ4n) is 4.54. The Labute approximate surface area is 197 Å². The lowest BCUT2D eigenvalue weighted by Crippen LogP contribution is -2.42. The van der Waals surface area contributed by atoms with Gasteiger partial charge in [-0.25, -0.2) is 0 Å². The number of carbonyl (C=O) groups excluding carboxylic acids is 3. The Morgan fingerprint density at radius 1 is 1.06 bits per heavy atom. The van der Waals surface area contributed by atoms with Crippen LogP contribution in [0, 0.1) is 17.8 Å². The standard InChI is InChI=1S/C26H38O7/c1-15(9-8-10-16(2)13-20-14-17(3)26(29)33-20)11-12-21-18(4)22(28)24(30-6)25(31-7)23(21)32-19(5)27/h10-11,17-18,20-21,23H,8-9,12-14H2,1-7H3/b15-11+,16-10+/t17-,18+,20-,21+,23+/m0/s1. The van der Waals surface area contributed by atoms with E-state index in [1.54, 1.807) is 0 Å². The largest absolute Gasteiger partial charge is 0.493 e. The molecule has 1 fully saturated rings. The molecule has 0 unspecified atom stereocenters. The van der Waals surface area contributed by atoms with E-state index in [-0.39, 0.29) is 47.1 Å². The van der Waals surface area contributed by atoms with Crippen molar-refractivity contribution in [3.63, 3.8) is 0 Å². The van der Waals surface area contributed by atoms with Crippen LogP contribution in [0.4, 0.5) is 0 Å². The Morgan fingerprint density at radius 2 is 1.76 bits per heavy atom. The Morgan fingerprint density at radius 3 is 2.30 bits per heavy atom. The van der Waals surface area contributed by atoms with E-state index in [4.69, 9.17) is 18.9 Å². The summed E-state index contributed by atoms with van der Waals surface area (Å²) in [7, 11) is 2.87. The summed E-state index contributed by atoms with van der Waals surface area (Å²) in [5, 5.41) is 0. The van der Waals surface area contributed by atoms with Gasteiger partial charge in [0.2, 0.25) is 11.5 Å². The highest BCUT2D eigenvalue weighted by Crippen LogP contribution is 2.37. The quantitative estimate of drug-likeness (QED) is 0.344. The summed E-state index contributed by atoms with van der Waals surface area (Å²) >= 11 is 0. The van der Waals surface area contributed by atoms with Gasteiger partial charge in [-0.1, -0.05) is 37.1 Å². The fraction of sp³-hybridized carbons (Fsp3) is 0.654. The summed E-state index contributed by atoms with van der Waals surface area (Å²) < 4.78 is 21.6. The molecule has 33 heavy (non-hydrogen) atoms. The van der Waals surface area contributed by atoms with Crippen molar-refractivity contribution in [2.45, 2.75) is 78.9 Å². The summed E-state index contributed by atoms with van der Waals surface area (Å²) in [6, 6.07) is 0. The van der Waals surface area contributed by atoms with Crippen molar-refractivity contribution in [2.24, 2.45) is 17.8 Å². The summed E-state index contributed by atoms with van der Waals surface area (Å²) in [5.74, 6) is -0.894. The molecule has 0 aromatic rings. The van der Waals surface area contributed by atoms with E-state index in [9.17, 15) is 14.4 Å². The first-order valence-electron chi connectivity index (χ1n) is 11.6. The number of carbonyl (C=O) groups is 3. The lowest BCUT2D eigenvalue weighted by atomic mass is 9.77. The van der Waals surface area contributed by atoms with E-state index in [2.05, 4.69) is 26.0 Å². The van der Waals surface area contributed by atoms with E-state index in [1.807, 2.05) is 13.8 Å². The van der Waals surface area contributed by atoms with Gasteiger partial charge in [0.1, 0.15) is 6.10 Å². The average Bonchev–Trinajstić information content (AvgIpc) is 3.06. The Bertz CT molecular complexity index is 836. The van der Waals surface area contributed by atoms with Gasteiger partial charge >= 0.3 is 11.9 Å². The van der Waals surface area contributed by atoms with E-state index in [0.29, 0.717) is 6.42 Å². The van der Waals surface area contributed by atoms with E-state index in [0.717, 1.165) is 25.7 Å². The molecule has 184 valence electrons. The minimum absolute atomic E-state index is 0.00807. The molecule has 7 nitrogen and oxygen atoms in total. The van der Waals surface area contributed by atoms with Crippen molar-refractivity contribution < 1.29 is 33.3 Å². The van der Waals surface area contributed by atoms with Gasteiger partial charge in [0.25, 0.3) is 0 Å². The topological polar surface area (TPSA) is 88.1 Å². The molecule has 0 radical (unpaired) electrons. The second-order valence-corrected chi connectivity index (χ2v) is 9.22. The molecule has 0 aromatic heterocycles. The normalized spacial score (nSPS) is 28.6. The van der Waals surface area contributed by atoms with Crippen LogP contribution in [-0.2, 0) is 33.3 Å². The molecule has 0 spiro atoms. The van der Waals surface area contributed by atoms with Gasteiger partial charge < -0.3 is 18.9 Å². The van der Waals surface area contributed by atoms with E-state index >= 15 is 0 Å². The predicted molar refractivity (Wildman–Crippen MR) is 124 cm³/mol. The number of rotatable bonds is 10. The van der Waals surface area contributed by atoms with Crippen molar-refractivity contribution >= 4 is 17.7 Å². The van der Waals surface area contributed by atoms with Crippen molar-refractivity contribution in [2.75, 3.05) is 14.2 Å². The number of allylic oxidation sites excluding steroid dienone is 4. The summed E-state index contributed by atoms with van der Waals surface area (Å²) in [6.45, 7) is 9.22. The molecule has 2 aliphatic rings. The number of esters is 2. The van der Waals surface area contributed by atoms with Gasteiger partial charge in [-0.05, 0) is 39.5 Å². The molecule has 1 aliphatic heterocycles. The highest BCUT2D eigenvalue weighted by molar-refractivity contribution is 5.97. The molecular weight excluding hydrogens is 424 g/mol.